The zero-order chi connectivity index (χ0) is 18.9. The van der Waals surface area contributed by atoms with Gasteiger partial charge >= 0.3 is 0 Å². The van der Waals surface area contributed by atoms with Crippen LogP contribution >= 0.6 is 0 Å². The number of nitrogens with zero attached hydrogens (tertiary/aromatic N) is 2. The Morgan fingerprint density at radius 1 is 1.19 bits per heavy atom. The number of amides is 1. The van der Waals surface area contributed by atoms with Gasteiger partial charge in [-0.1, -0.05) is 36.4 Å². The fraction of sp³-hybridized carbons (Fsp3) is 0.158. The zero-order valence-corrected chi connectivity index (χ0v) is 14.5. The topological polar surface area (TPSA) is 93.8 Å². The summed E-state index contributed by atoms with van der Waals surface area (Å²) in [7, 11) is 0. The number of allylic oxidation sites excluding steroid dienone is 1. The number of ether oxygens (including phenoxy) is 1. The third-order valence-electron chi connectivity index (χ3n) is 3.39. The van der Waals surface area contributed by atoms with E-state index in [2.05, 4.69) is 10.5 Å². The van der Waals surface area contributed by atoms with Gasteiger partial charge < -0.3 is 4.74 Å². The van der Waals surface area contributed by atoms with Crippen LogP contribution in [0.1, 0.15) is 19.4 Å². The molecule has 0 unspecified atom stereocenters. The van der Waals surface area contributed by atoms with Gasteiger partial charge in [0.25, 0.3) is 11.6 Å². The molecular weight excluding hydrogens is 334 g/mol. The van der Waals surface area contributed by atoms with Gasteiger partial charge in [-0.3, -0.25) is 14.9 Å². The molecule has 1 atom stereocenters. The van der Waals surface area contributed by atoms with E-state index in [1.165, 1.54) is 24.3 Å². The fourth-order valence-corrected chi connectivity index (χ4v) is 1.96. The third kappa shape index (κ3) is 5.86. The van der Waals surface area contributed by atoms with Crippen molar-refractivity contribution < 1.29 is 14.5 Å². The van der Waals surface area contributed by atoms with Gasteiger partial charge in [-0.05, 0) is 37.6 Å². The molecule has 0 saturated carbocycles. The Kier molecular flexibility index (Phi) is 6.61. The molecule has 0 heterocycles. The highest BCUT2D eigenvalue weighted by Crippen LogP contribution is 2.18. The van der Waals surface area contributed by atoms with Gasteiger partial charge in [0.15, 0.2) is 6.10 Å². The lowest BCUT2D eigenvalue weighted by molar-refractivity contribution is -0.384. The zero-order valence-electron chi connectivity index (χ0n) is 14.5. The van der Waals surface area contributed by atoms with E-state index < -0.39 is 16.9 Å². The number of hydrogen-bond donors (Lipinski definition) is 1. The molecule has 2 rings (SSSR count). The highest BCUT2D eigenvalue weighted by Gasteiger charge is 2.14. The maximum absolute atomic E-state index is 12.0. The molecule has 7 heteroatoms. The van der Waals surface area contributed by atoms with Crippen LogP contribution in [0.2, 0.25) is 0 Å². The number of hydrazone groups is 1. The van der Waals surface area contributed by atoms with Crippen molar-refractivity contribution in [3.63, 3.8) is 0 Å². The number of carbonyl (C=O) groups is 1. The molecule has 1 N–H and O–H groups in total. The first-order chi connectivity index (χ1) is 12.5. The number of hydrogen-bond acceptors (Lipinski definition) is 5. The van der Waals surface area contributed by atoms with E-state index in [4.69, 9.17) is 4.74 Å². The average Bonchev–Trinajstić information content (AvgIpc) is 2.65. The van der Waals surface area contributed by atoms with Gasteiger partial charge in [0.05, 0.1) is 10.6 Å². The summed E-state index contributed by atoms with van der Waals surface area (Å²) < 4.78 is 5.45. The molecule has 0 aromatic heterocycles. The summed E-state index contributed by atoms with van der Waals surface area (Å²) in [4.78, 5) is 22.1. The normalized spacial score (nSPS) is 12.6. The molecule has 0 bridgehead atoms. The number of non-ortho nitro benzene ring substituents is 1. The van der Waals surface area contributed by atoms with Crippen LogP contribution in [0.15, 0.2) is 65.8 Å². The van der Waals surface area contributed by atoms with Gasteiger partial charge in [0.1, 0.15) is 5.75 Å². The van der Waals surface area contributed by atoms with E-state index in [9.17, 15) is 14.9 Å². The van der Waals surface area contributed by atoms with Crippen LogP contribution in [0.3, 0.4) is 0 Å². The second-order valence-electron chi connectivity index (χ2n) is 5.48. The van der Waals surface area contributed by atoms with Crippen LogP contribution in [0, 0.1) is 10.1 Å². The molecule has 0 saturated heterocycles. The number of benzene rings is 2. The Hall–Kier alpha value is -3.48. The molecule has 0 aliphatic heterocycles. The van der Waals surface area contributed by atoms with Crippen molar-refractivity contribution in [1.82, 2.24) is 5.43 Å². The minimum Gasteiger partial charge on any atom is -0.481 e. The molecule has 0 aliphatic carbocycles. The highest BCUT2D eigenvalue weighted by molar-refractivity contribution is 5.97. The maximum atomic E-state index is 12.0. The van der Waals surface area contributed by atoms with Crippen LogP contribution < -0.4 is 10.2 Å². The smallest absolute Gasteiger partial charge is 0.280 e. The van der Waals surface area contributed by atoms with Crippen molar-refractivity contribution in [1.29, 1.82) is 0 Å². The lowest BCUT2D eigenvalue weighted by Crippen LogP contribution is -2.33. The van der Waals surface area contributed by atoms with Crippen molar-refractivity contribution in [2.24, 2.45) is 5.10 Å². The summed E-state index contributed by atoms with van der Waals surface area (Å²) in [6.45, 7) is 3.34. The van der Waals surface area contributed by atoms with E-state index in [1.54, 1.807) is 19.9 Å². The Bertz CT molecular complexity index is 814. The Morgan fingerprint density at radius 2 is 1.85 bits per heavy atom. The van der Waals surface area contributed by atoms with Crippen LogP contribution in [0.4, 0.5) is 5.69 Å². The quantitative estimate of drug-likeness (QED) is 0.468. The predicted molar refractivity (Wildman–Crippen MR) is 99.9 cm³/mol. The molecule has 7 nitrogen and oxygen atoms in total. The monoisotopic (exact) mass is 353 g/mol. The van der Waals surface area contributed by atoms with E-state index in [0.29, 0.717) is 11.5 Å². The van der Waals surface area contributed by atoms with Crippen molar-refractivity contribution in [3.8, 4) is 5.75 Å². The summed E-state index contributed by atoms with van der Waals surface area (Å²) >= 11 is 0. The van der Waals surface area contributed by atoms with Crippen LogP contribution in [0.25, 0.3) is 6.08 Å². The molecule has 0 fully saturated rings. The molecule has 2 aromatic rings. The molecule has 0 aliphatic rings. The minimum atomic E-state index is -0.800. The van der Waals surface area contributed by atoms with Crippen LogP contribution in [0.5, 0.6) is 5.75 Å². The first kappa shape index (κ1) is 18.9. The molecule has 2 aromatic carbocycles. The lowest BCUT2D eigenvalue weighted by atomic mass is 10.2. The molecular formula is C19H19N3O4. The van der Waals surface area contributed by atoms with E-state index >= 15 is 0 Å². The van der Waals surface area contributed by atoms with Gasteiger partial charge in [-0.15, -0.1) is 0 Å². The molecule has 0 spiro atoms. The molecule has 0 radical (unpaired) electrons. The van der Waals surface area contributed by atoms with Crippen molar-refractivity contribution in [3.05, 3.63) is 76.4 Å². The number of carbonyl (C=O) groups excluding carboxylic acids is 1. The van der Waals surface area contributed by atoms with E-state index in [1.807, 2.05) is 36.4 Å². The standard InChI is InChI=1S/C19H19N3O4/c1-14(8-9-16-6-4-3-5-7-16)20-21-19(23)15(2)26-18-12-10-17(11-13-18)22(24)25/h3-13,15H,1-2H3,(H,21,23)/b9-8+,20-14-/t15-/m1/s1. The predicted octanol–water partition coefficient (Wildman–Crippen LogP) is 3.57. The molecule has 1 amide bonds. The molecule has 134 valence electrons. The Labute approximate surface area is 151 Å². The van der Waals surface area contributed by atoms with Crippen molar-refractivity contribution in [2.45, 2.75) is 20.0 Å². The van der Waals surface area contributed by atoms with Gasteiger partial charge in [-0.25, -0.2) is 5.43 Å². The first-order valence-electron chi connectivity index (χ1n) is 7.94. The molecule has 26 heavy (non-hydrogen) atoms. The third-order valence-corrected chi connectivity index (χ3v) is 3.39. The largest absolute Gasteiger partial charge is 0.481 e. The summed E-state index contributed by atoms with van der Waals surface area (Å²) in [6.07, 6.45) is 2.88. The van der Waals surface area contributed by atoms with Crippen LogP contribution in [-0.2, 0) is 4.79 Å². The SMILES string of the molecule is CC(/C=C/c1ccccc1)=N/NC(=O)[C@@H](C)Oc1ccc([N+](=O)[O-])cc1. The minimum absolute atomic E-state index is 0.0418. The summed E-state index contributed by atoms with van der Waals surface area (Å²) in [5, 5.41) is 14.6. The first-order valence-corrected chi connectivity index (χ1v) is 7.94. The van der Waals surface area contributed by atoms with Crippen LogP contribution in [-0.4, -0.2) is 22.6 Å². The van der Waals surface area contributed by atoms with E-state index in [0.717, 1.165) is 5.56 Å². The lowest BCUT2D eigenvalue weighted by Gasteiger charge is -2.12. The highest BCUT2D eigenvalue weighted by atomic mass is 16.6. The number of nitro groups is 1. The fourth-order valence-electron chi connectivity index (χ4n) is 1.96. The van der Waals surface area contributed by atoms with Gasteiger partial charge in [0.2, 0.25) is 0 Å². The average molecular weight is 353 g/mol. The summed E-state index contributed by atoms with van der Waals surface area (Å²) in [6, 6.07) is 15.2. The number of nitrogens with one attached hydrogen (secondary N) is 1. The number of rotatable bonds is 7. The van der Waals surface area contributed by atoms with Crippen molar-refractivity contribution >= 4 is 23.4 Å². The number of nitro benzene ring substituents is 1. The maximum Gasteiger partial charge on any atom is 0.280 e. The Balaban J connectivity index is 1.87. The van der Waals surface area contributed by atoms with E-state index in [-0.39, 0.29) is 5.69 Å². The van der Waals surface area contributed by atoms with Gasteiger partial charge in [-0.2, -0.15) is 5.10 Å². The second kappa shape index (κ2) is 9.12. The summed E-state index contributed by atoms with van der Waals surface area (Å²) in [5.74, 6) is -0.0567. The second-order valence-corrected chi connectivity index (χ2v) is 5.48. The van der Waals surface area contributed by atoms with Crippen molar-refractivity contribution in [2.75, 3.05) is 0 Å². The van der Waals surface area contributed by atoms with Gasteiger partial charge in [0, 0.05) is 12.1 Å². The Morgan fingerprint density at radius 3 is 2.46 bits per heavy atom. The summed E-state index contributed by atoms with van der Waals surface area (Å²) in [5.41, 5.74) is 4.05.